The Morgan fingerprint density at radius 2 is 2.10 bits per heavy atom. The molecule has 1 aliphatic heterocycles. The van der Waals surface area contributed by atoms with Crippen LogP contribution in [-0.4, -0.2) is 46.4 Å². The van der Waals surface area contributed by atoms with Gasteiger partial charge in [0.2, 0.25) is 5.91 Å². The smallest absolute Gasteiger partial charge is 0.330 e. The number of aromatic nitrogens is 2. The molecule has 29 heavy (non-hydrogen) atoms. The summed E-state index contributed by atoms with van der Waals surface area (Å²) in [6.45, 7) is 1.91. The average molecular weight is 403 g/mol. The van der Waals surface area contributed by atoms with Gasteiger partial charge < -0.3 is 19.9 Å². The fourth-order valence-corrected chi connectivity index (χ4v) is 3.36. The van der Waals surface area contributed by atoms with Crippen molar-refractivity contribution in [2.45, 2.75) is 44.6 Å². The average Bonchev–Trinajstić information content (AvgIpc) is 3.07. The Morgan fingerprint density at radius 1 is 1.34 bits per heavy atom. The number of carbonyl (C=O) groups excluding carboxylic acids is 1. The number of aliphatic hydroxyl groups is 1. The minimum absolute atomic E-state index is 0.102. The predicted octanol–water partition coefficient (Wildman–Crippen LogP) is 0.115. The Morgan fingerprint density at radius 3 is 2.83 bits per heavy atom. The summed E-state index contributed by atoms with van der Waals surface area (Å²) < 4.78 is 12.3. The Kier molecular flexibility index (Phi) is 6.50. The van der Waals surface area contributed by atoms with Gasteiger partial charge in [-0.15, -0.1) is 0 Å². The first-order valence-corrected chi connectivity index (χ1v) is 9.49. The number of aliphatic hydroxyl groups excluding tert-OH is 1. The second-order valence-electron chi connectivity index (χ2n) is 6.90. The maximum atomic E-state index is 12.3. The molecule has 0 radical (unpaired) electrons. The van der Waals surface area contributed by atoms with Crippen molar-refractivity contribution < 1.29 is 19.4 Å². The number of nitrogens with one attached hydrogen (secondary N) is 2. The van der Waals surface area contributed by atoms with Crippen LogP contribution in [0.2, 0.25) is 0 Å². The van der Waals surface area contributed by atoms with E-state index in [4.69, 9.17) is 9.47 Å². The highest BCUT2D eigenvalue weighted by molar-refractivity contribution is 5.79. The van der Waals surface area contributed by atoms with Crippen molar-refractivity contribution in [3.63, 3.8) is 0 Å². The van der Waals surface area contributed by atoms with Crippen LogP contribution in [0.25, 0.3) is 0 Å². The van der Waals surface area contributed by atoms with Gasteiger partial charge in [-0.1, -0.05) is 25.1 Å². The molecule has 0 saturated carbocycles. The van der Waals surface area contributed by atoms with E-state index >= 15 is 0 Å². The number of aromatic amines is 1. The third-order valence-corrected chi connectivity index (χ3v) is 4.98. The second-order valence-corrected chi connectivity index (χ2v) is 6.90. The quantitative estimate of drug-likeness (QED) is 0.603. The van der Waals surface area contributed by atoms with E-state index in [0.29, 0.717) is 17.7 Å². The van der Waals surface area contributed by atoms with Gasteiger partial charge in [-0.05, 0) is 12.5 Å². The predicted molar refractivity (Wildman–Crippen MR) is 105 cm³/mol. The molecule has 0 bridgehead atoms. The van der Waals surface area contributed by atoms with Crippen molar-refractivity contribution in [3.8, 4) is 5.75 Å². The number of para-hydroxylation sites is 1. The molecule has 2 heterocycles. The number of benzene rings is 1. The maximum absolute atomic E-state index is 12.3. The normalized spacial score (nSPS) is 21.1. The summed E-state index contributed by atoms with van der Waals surface area (Å²) in [5, 5.41) is 13.0. The lowest BCUT2D eigenvalue weighted by Gasteiger charge is -2.17. The summed E-state index contributed by atoms with van der Waals surface area (Å²) in [6, 6.07) is 7.24. The van der Waals surface area contributed by atoms with Crippen LogP contribution >= 0.6 is 0 Å². The van der Waals surface area contributed by atoms with Crippen LogP contribution in [0, 0.1) is 0 Å². The van der Waals surface area contributed by atoms with Crippen molar-refractivity contribution in [3.05, 3.63) is 62.4 Å². The van der Waals surface area contributed by atoms with E-state index in [0.717, 1.165) is 5.56 Å². The first-order chi connectivity index (χ1) is 13.9. The molecule has 1 saturated heterocycles. The van der Waals surface area contributed by atoms with E-state index < -0.39 is 29.7 Å². The SMILES string of the molecule is CCc1cn([C@H]2C[C@H](O)[C@@H](CNC(=O)Cc3ccccc3OC)O2)c(=O)[nH]c1=O. The van der Waals surface area contributed by atoms with Crippen LogP contribution in [0.15, 0.2) is 40.1 Å². The number of nitrogens with zero attached hydrogens (tertiary/aromatic N) is 1. The molecule has 1 amide bonds. The third-order valence-electron chi connectivity index (χ3n) is 4.98. The van der Waals surface area contributed by atoms with Gasteiger partial charge in [0.25, 0.3) is 5.56 Å². The summed E-state index contributed by atoms with van der Waals surface area (Å²) >= 11 is 0. The van der Waals surface area contributed by atoms with Crippen LogP contribution in [0.5, 0.6) is 5.75 Å². The highest BCUT2D eigenvalue weighted by Gasteiger charge is 2.35. The number of methoxy groups -OCH3 is 1. The Labute approximate surface area is 167 Å². The van der Waals surface area contributed by atoms with Crippen LogP contribution < -0.4 is 21.3 Å². The Bertz CT molecular complexity index is 983. The largest absolute Gasteiger partial charge is 0.496 e. The molecule has 0 aliphatic carbocycles. The van der Waals surface area contributed by atoms with Crippen molar-refractivity contribution in [1.29, 1.82) is 0 Å². The number of hydrogen-bond acceptors (Lipinski definition) is 6. The molecule has 2 aromatic rings. The molecule has 3 atom stereocenters. The van der Waals surface area contributed by atoms with Crippen LogP contribution in [0.4, 0.5) is 0 Å². The van der Waals surface area contributed by atoms with Gasteiger partial charge in [-0.3, -0.25) is 19.1 Å². The van der Waals surface area contributed by atoms with Gasteiger partial charge >= 0.3 is 5.69 Å². The molecule has 156 valence electrons. The summed E-state index contributed by atoms with van der Waals surface area (Å²) in [4.78, 5) is 38.4. The lowest BCUT2D eigenvalue weighted by atomic mass is 10.1. The van der Waals surface area contributed by atoms with Gasteiger partial charge in [0.05, 0.1) is 19.6 Å². The highest BCUT2D eigenvalue weighted by Crippen LogP contribution is 2.27. The lowest BCUT2D eigenvalue weighted by Crippen LogP contribution is -2.38. The summed E-state index contributed by atoms with van der Waals surface area (Å²) in [7, 11) is 1.54. The summed E-state index contributed by atoms with van der Waals surface area (Å²) in [5.41, 5.74) is 0.194. The molecular weight excluding hydrogens is 378 g/mol. The molecule has 3 N–H and O–H groups in total. The van der Waals surface area contributed by atoms with Gasteiger partial charge in [-0.25, -0.2) is 4.79 Å². The first kappa shape index (κ1) is 20.8. The minimum atomic E-state index is -0.851. The molecule has 9 heteroatoms. The van der Waals surface area contributed by atoms with Gasteiger partial charge in [0.15, 0.2) is 0 Å². The van der Waals surface area contributed by atoms with E-state index in [9.17, 15) is 19.5 Å². The van der Waals surface area contributed by atoms with Crippen molar-refractivity contribution in [2.75, 3.05) is 13.7 Å². The number of carbonyl (C=O) groups is 1. The van der Waals surface area contributed by atoms with Crippen molar-refractivity contribution in [2.24, 2.45) is 0 Å². The standard InChI is InChI=1S/C20H25N3O6/c1-3-12-11-23(20(27)22-19(12)26)18-9-14(24)16(29-18)10-21-17(25)8-13-6-4-5-7-15(13)28-2/h4-7,11,14,16,18,24H,3,8-10H2,1-2H3,(H,21,25)(H,22,26,27)/t14-,16+,18+/m0/s1. The van der Waals surface area contributed by atoms with Gasteiger partial charge in [0, 0.05) is 30.3 Å². The first-order valence-electron chi connectivity index (χ1n) is 9.49. The molecule has 1 aromatic heterocycles. The van der Waals surface area contributed by atoms with Crippen LogP contribution in [-0.2, 0) is 22.4 Å². The molecule has 0 spiro atoms. The highest BCUT2D eigenvalue weighted by atomic mass is 16.5. The molecular formula is C20H25N3O6. The Hall–Kier alpha value is -2.91. The fraction of sp³-hybridized carbons (Fsp3) is 0.450. The second kappa shape index (κ2) is 9.06. The fourth-order valence-electron chi connectivity index (χ4n) is 3.36. The zero-order valence-electron chi connectivity index (χ0n) is 16.4. The number of amides is 1. The number of hydrogen-bond donors (Lipinski definition) is 3. The van der Waals surface area contributed by atoms with Crippen molar-refractivity contribution in [1.82, 2.24) is 14.9 Å². The zero-order valence-corrected chi connectivity index (χ0v) is 16.4. The van der Waals surface area contributed by atoms with E-state index in [1.54, 1.807) is 13.2 Å². The molecule has 9 nitrogen and oxygen atoms in total. The summed E-state index contributed by atoms with van der Waals surface area (Å²) in [5.74, 6) is 0.396. The Balaban J connectivity index is 1.61. The lowest BCUT2D eigenvalue weighted by molar-refractivity contribution is -0.121. The summed E-state index contributed by atoms with van der Waals surface area (Å²) in [6.07, 6.45) is 0.0170. The minimum Gasteiger partial charge on any atom is -0.496 e. The number of aryl methyl sites for hydroxylation is 1. The van der Waals surface area contributed by atoms with E-state index in [-0.39, 0.29) is 25.3 Å². The van der Waals surface area contributed by atoms with Crippen molar-refractivity contribution >= 4 is 5.91 Å². The monoisotopic (exact) mass is 403 g/mol. The maximum Gasteiger partial charge on any atom is 0.330 e. The number of ether oxygens (including phenoxy) is 2. The zero-order chi connectivity index (χ0) is 21.0. The number of H-pyrrole nitrogens is 1. The molecule has 1 aromatic carbocycles. The molecule has 0 unspecified atom stereocenters. The van der Waals surface area contributed by atoms with E-state index in [1.165, 1.54) is 10.8 Å². The number of rotatable bonds is 7. The van der Waals surface area contributed by atoms with Gasteiger partial charge in [0.1, 0.15) is 18.1 Å². The van der Waals surface area contributed by atoms with E-state index in [1.807, 2.05) is 25.1 Å². The third kappa shape index (κ3) is 4.75. The van der Waals surface area contributed by atoms with Crippen LogP contribution in [0.1, 0.15) is 30.7 Å². The van der Waals surface area contributed by atoms with E-state index in [2.05, 4.69) is 10.3 Å². The molecule has 1 fully saturated rings. The molecule has 1 aliphatic rings. The topological polar surface area (TPSA) is 123 Å². The van der Waals surface area contributed by atoms with Gasteiger partial charge in [-0.2, -0.15) is 0 Å². The molecule has 3 rings (SSSR count). The van der Waals surface area contributed by atoms with Crippen LogP contribution in [0.3, 0.4) is 0 Å².